The third-order valence-electron chi connectivity index (χ3n) is 2.11. The van der Waals surface area contributed by atoms with Crippen molar-refractivity contribution in [2.45, 2.75) is 47.5 Å². The van der Waals surface area contributed by atoms with Gasteiger partial charge in [0.05, 0.1) is 0 Å². The van der Waals surface area contributed by atoms with Gasteiger partial charge >= 0.3 is 0 Å². The molecule has 0 aliphatic heterocycles. The van der Waals surface area contributed by atoms with E-state index < -0.39 is 0 Å². The molecule has 1 nitrogen and oxygen atoms in total. The molecule has 0 aliphatic rings. The summed E-state index contributed by atoms with van der Waals surface area (Å²) in [5, 5.41) is 0. The molecule has 0 N–H and O–H groups in total. The average molecular weight is 194 g/mol. The van der Waals surface area contributed by atoms with Crippen LogP contribution in [0, 0.1) is 5.41 Å². The normalized spacial score (nSPS) is 11.8. The molecule has 0 saturated carbocycles. The maximum Gasteiger partial charge on any atom is 0.152 e. The molecule has 0 aromatic carbocycles. The average Bonchev–Trinajstić information content (AvgIpc) is 2.00. The predicted molar refractivity (Wildman–Crippen MR) is 62.3 cm³/mol. The van der Waals surface area contributed by atoms with Crippen molar-refractivity contribution in [3.8, 4) is 0 Å². The minimum Gasteiger partial charge on any atom is -0.295 e. The number of ketones is 1. The van der Waals surface area contributed by atoms with Gasteiger partial charge in [0.25, 0.3) is 0 Å². The Morgan fingerprint density at radius 3 is 2.21 bits per heavy atom. The molecule has 0 aromatic heterocycles. The Kier molecular flexibility index (Phi) is 5.44. The van der Waals surface area contributed by atoms with Crippen LogP contribution in [0.5, 0.6) is 0 Å². The van der Waals surface area contributed by atoms with Crippen LogP contribution in [0.2, 0.25) is 0 Å². The van der Waals surface area contributed by atoms with Gasteiger partial charge in [0.1, 0.15) is 0 Å². The fraction of sp³-hybridized carbons (Fsp3) is 0.615. The topological polar surface area (TPSA) is 17.1 Å². The summed E-state index contributed by atoms with van der Waals surface area (Å²) in [7, 11) is 0. The molecule has 0 spiro atoms. The van der Waals surface area contributed by atoms with Crippen molar-refractivity contribution in [2.75, 3.05) is 0 Å². The number of allylic oxidation sites excluding steroid dienone is 4. The molecule has 0 amide bonds. The molecule has 0 fully saturated rings. The van der Waals surface area contributed by atoms with E-state index in [-0.39, 0.29) is 11.2 Å². The van der Waals surface area contributed by atoms with Crippen LogP contribution in [0.15, 0.2) is 23.8 Å². The quantitative estimate of drug-likeness (QED) is 0.479. The van der Waals surface area contributed by atoms with Crippen LogP contribution in [0.4, 0.5) is 0 Å². The molecule has 0 atom stereocenters. The van der Waals surface area contributed by atoms with Gasteiger partial charge in [0, 0.05) is 0 Å². The van der Waals surface area contributed by atoms with E-state index in [1.54, 1.807) is 13.0 Å². The van der Waals surface area contributed by atoms with Crippen molar-refractivity contribution in [1.82, 2.24) is 0 Å². The summed E-state index contributed by atoms with van der Waals surface area (Å²) < 4.78 is 0. The lowest BCUT2D eigenvalue weighted by atomic mass is 9.87. The van der Waals surface area contributed by atoms with Crippen molar-refractivity contribution in [2.24, 2.45) is 5.41 Å². The second kappa shape index (κ2) is 5.79. The Morgan fingerprint density at radius 2 is 1.79 bits per heavy atom. The lowest BCUT2D eigenvalue weighted by Crippen LogP contribution is -2.07. The standard InChI is InChI=1S/C13H22O/c1-11(2)7-6-9-13(4,5)10-8-12(3)14/h7-8,10H,6,9H2,1-5H3/b10-8+. The number of hydrogen-bond donors (Lipinski definition) is 0. The Bertz CT molecular complexity index is 240. The molecule has 0 rings (SSSR count). The lowest BCUT2D eigenvalue weighted by Gasteiger charge is -2.18. The zero-order valence-corrected chi connectivity index (χ0v) is 10.1. The van der Waals surface area contributed by atoms with E-state index in [1.807, 2.05) is 6.08 Å². The number of carbonyl (C=O) groups is 1. The molecule has 14 heavy (non-hydrogen) atoms. The van der Waals surface area contributed by atoms with Crippen LogP contribution in [-0.2, 0) is 4.79 Å². The molecule has 0 radical (unpaired) electrons. The zero-order valence-electron chi connectivity index (χ0n) is 10.1. The van der Waals surface area contributed by atoms with Gasteiger partial charge in [-0.3, -0.25) is 4.79 Å². The van der Waals surface area contributed by atoms with Crippen molar-refractivity contribution in [3.63, 3.8) is 0 Å². The largest absolute Gasteiger partial charge is 0.295 e. The third-order valence-corrected chi connectivity index (χ3v) is 2.11. The van der Waals surface area contributed by atoms with E-state index >= 15 is 0 Å². The van der Waals surface area contributed by atoms with Crippen LogP contribution < -0.4 is 0 Å². The molecule has 1 heteroatoms. The van der Waals surface area contributed by atoms with Gasteiger partial charge in [-0.1, -0.05) is 31.6 Å². The van der Waals surface area contributed by atoms with Gasteiger partial charge in [-0.25, -0.2) is 0 Å². The van der Waals surface area contributed by atoms with Crippen LogP contribution in [0.1, 0.15) is 47.5 Å². The second-order valence-electron chi connectivity index (χ2n) is 4.75. The summed E-state index contributed by atoms with van der Waals surface area (Å²) >= 11 is 0. The zero-order chi connectivity index (χ0) is 11.2. The van der Waals surface area contributed by atoms with Crippen LogP contribution >= 0.6 is 0 Å². The summed E-state index contributed by atoms with van der Waals surface area (Å²) in [6.07, 6.45) is 8.08. The van der Waals surface area contributed by atoms with Crippen LogP contribution in [0.25, 0.3) is 0 Å². The second-order valence-corrected chi connectivity index (χ2v) is 4.75. The monoisotopic (exact) mass is 194 g/mol. The number of carbonyl (C=O) groups excluding carboxylic acids is 1. The van der Waals surface area contributed by atoms with E-state index in [0.29, 0.717) is 0 Å². The molecule has 0 saturated heterocycles. The van der Waals surface area contributed by atoms with E-state index in [0.717, 1.165) is 12.8 Å². The van der Waals surface area contributed by atoms with Crippen LogP contribution in [-0.4, -0.2) is 5.78 Å². The summed E-state index contributed by atoms with van der Waals surface area (Å²) in [6, 6.07) is 0. The maximum atomic E-state index is 10.8. The van der Waals surface area contributed by atoms with Gasteiger partial charge in [-0.15, -0.1) is 0 Å². The Morgan fingerprint density at radius 1 is 1.21 bits per heavy atom. The molecule has 80 valence electrons. The highest BCUT2D eigenvalue weighted by atomic mass is 16.1. The highest BCUT2D eigenvalue weighted by Gasteiger charge is 2.12. The van der Waals surface area contributed by atoms with E-state index in [1.165, 1.54) is 5.57 Å². The maximum absolute atomic E-state index is 10.8. The smallest absolute Gasteiger partial charge is 0.152 e. The Hall–Kier alpha value is -0.850. The van der Waals surface area contributed by atoms with E-state index in [4.69, 9.17) is 0 Å². The first-order chi connectivity index (χ1) is 6.33. The van der Waals surface area contributed by atoms with Gasteiger partial charge < -0.3 is 0 Å². The highest BCUT2D eigenvalue weighted by molar-refractivity contribution is 5.87. The first kappa shape index (κ1) is 13.2. The van der Waals surface area contributed by atoms with Crippen molar-refractivity contribution >= 4 is 5.78 Å². The van der Waals surface area contributed by atoms with Crippen molar-refractivity contribution in [3.05, 3.63) is 23.8 Å². The Balaban J connectivity index is 4.07. The van der Waals surface area contributed by atoms with Crippen molar-refractivity contribution in [1.29, 1.82) is 0 Å². The highest BCUT2D eigenvalue weighted by Crippen LogP contribution is 2.24. The van der Waals surface area contributed by atoms with Gasteiger partial charge in [0.2, 0.25) is 0 Å². The minimum absolute atomic E-state index is 0.123. The molecular weight excluding hydrogens is 172 g/mol. The first-order valence-electron chi connectivity index (χ1n) is 5.17. The molecule has 0 bridgehead atoms. The summed E-state index contributed by atoms with van der Waals surface area (Å²) in [4.78, 5) is 10.8. The Labute approximate surface area is 87.9 Å². The molecule has 0 unspecified atom stereocenters. The molecule has 0 aliphatic carbocycles. The van der Waals surface area contributed by atoms with Gasteiger partial charge in [-0.05, 0) is 45.1 Å². The first-order valence-corrected chi connectivity index (χ1v) is 5.17. The number of rotatable bonds is 5. The van der Waals surface area contributed by atoms with Gasteiger partial charge in [0.15, 0.2) is 5.78 Å². The minimum atomic E-state index is 0.123. The summed E-state index contributed by atoms with van der Waals surface area (Å²) in [6.45, 7) is 10.1. The van der Waals surface area contributed by atoms with E-state index in [9.17, 15) is 4.79 Å². The summed E-state index contributed by atoms with van der Waals surface area (Å²) in [5.74, 6) is 0.125. The molecule has 0 aromatic rings. The van der Waals surface area contributed by atoms with Gasteiger partial charge in [-0.2, -0.15) is 0 Å². The predicted octanol–water partition coefficient (Wildman–Crippen LogP) is 3.90. The SMILES string of the molecule is CC(=O)/C=C/C(C)(C)CCC=C(C)C. The summed E-state index contributed by atoms with van der Waals surface area (Å²) in [5.41, 5.74) is 1.48. The third kappa shape index (κ3) is 7.78. The van der Waals surface area contributed by atoms with Crippen LogP contribution in [0.3, 0.4) is 0 Å². The number of hydrogen-bond acceptors (Lipinski definition) is 1. The fourth-order valence-electron chi connectivity index (χ4n) is 1.16. The molecule has 0 heterocycles. The van der Waals surface area contributed by atoms with E-state index in [2.05, 4.69) is 33.8 Å². The fourth-order valence-corrected chi connectivity index (χ4v) is 1.16. The van der Waals surface area contributed by atoms with Crippen molar-refractivity contribution < 1.29 is 4.79 Å². The molecular formula is C13H22O. The lowest BCUT2D eigenvalue weighted by molar-refractivity contribution is -0.112.